The molecule has 8 nitrogen and oxygen atoms in total. The number of carbonyl (C=O) groups excluding carboxylic acids is 2. The van der Waals surface area contributed by atoms with E-state index in [9.17, 15) is 9.59 Å². The Hall–Kier alpha value is -3.16. The van der Waals surface area contributed by atoms with Crippen LogP contribution in [0, 0.1) is 0 Å². The molecule has 0 aliphatic carbocycles. The van der Waals surface area contributed by atoms with Crippen LogP contribution in [0.25, 0.3) is 0 Å². The molecule has 1 fully saturated rings. The van der Waals surface area contributed by atoms with Gasteiger partial charge in [-0.3, -0.25) is 4.79 Å². The molecule has 3 amide bonds. The molecule has 142 valence electrons. The first-order chi connectivity index (χ1) is 12.7. The summed E-state index contributed by atoms with van der Waals surface area (Å²) in [6.07, 6.45) is 1.26. The minimum absolute atomic E-state index is 0.155. The Bertz CT molecular complexity index is 895. The van der Waals surface area contributed by atoms with Crippen molar-refractivity contribution in [3.8, 4) is 17.4 Å². The topological polar surface area (TPSA) is 93.7 Å². The maximum absolute atomic E-state index is 12.5. The number of rotatable bonds is 5. The lowest BCUT2D eigenvalue weighted by atomic mass is 10.0. The van der Waals surface area contributed by atoms with E-state index >= 15 is 0 Å². The fourth-order valence-electron chi connectivity index (χ4n) is 2.94. The molecule has 0 atom stereocenters. The highest BCUT2D eigenvalue weighted by molar-refractivity contribution is 6.22. The van der Waals surface area contributed by atoms with Crippen molar-refractivity contribution in [1.82, 2.24) is 15.3 Å². The average molecular weight is 370 g/mol. The molecule has 1 aliphatic rings. The number of methoxy groups -OCH3 is 1. The largest absolute Gasteiger partial charge is 0.496 e. The van der Waals surface area contributed by atoms with Gasteiger partial charge in [-0.15, -0.1) is 0 Å². The molecule has 1 aromatic heterocycles. The summed E-state index contributed by atoms with van der Waals surface area (Å²) < 4.78 is 11.4. The summed E-state index contributed by atoms with van der Waals surface area (Å²) in [5, 5.41) is 2.62. The van der Waals surface area contributed by atoms with Crippen LogP contribution >= 0.6 is 0 Å². The summed E-state index contributed by atoms with van der Waals surface area (Å²) in [5.41, 5.74) is -0.0861. The number of nitrogens with zero attached hydrogens (tertiary/aromatic N) is 3. The van der Waals surface area contributed by atoms with Crippen molar-refractivity contribution >= 4 is 17.8 Å². The minimum atomic E-state index is -0.985. The average Bonchev–Trinajstić information content (AvgIpc) is 2.81. The van der Waals surface area contributed by atoms with Crippen molar-refractivity contribution in [1.29, 1.82) is 0 Å². The van der Waals surface area contributed by atoms with Crippen LogP contribution < -0.4 is 19.7 Å². The Morgan fingerprint density at radius 3 is 2.44 bits per heavy atom. The van der Waals surface area contributed by atoms with Gasteiger partial charge in [-0.1, -0.05) is 19.9 Å². The molecule has 1 aliphatic heterocycles. The normalized spacial score (nSPS) is 15.9. The Kier molecular flexibility index (Phi) is 4.73. The molecule has 27 heavy (non-hydrogen) atoms. The van der Waals surface area contributed by atoms with E-state index in [-0.39, 0.29) is 23.5 Å². The summed E-state index contributed by atoms with van der Waals surface area (Å²) in [4.78, 5) is 33.8. The highest BCUT2D eigenvalue weighted by Crippen LogP contribution is 2.37. The van der Waals surface area contributed by atoms with Gasteiger partial charge >= 0.3 is 6.03 Å². The summed E-state index contributed by atoms with van der Waals surface area (Å²) in [6, 6.07) is 6.43. The lowest BCUT2D eigenvalue weighted by molar-refractivity contribution is -0.121. The third-order valence-electron chi connectivity index (χ3n) is 4.25. The van der Waals surface area contributed by atoms with Gasteiger partial charge in [-0.05, 0) is 31.9 Å². The molecular weight excluding hydrogens is 348 g/mol. The Labute approximate surface area is 157 Å². The molecule has 8 heteroatoms. The Balaban J connectivity index is 1.95. The molecule has 0 bridgehead atoms. The van der Waals surface area contributed by atoms with Crippen molar-refractivity contribution in [3.05, 3.63) is 36.2 Å². The van der Waals surface area contributed by atoms with Crippen molar-refractivity contribution in [2.24, 2.45) is 0 Å². The first kappa shape index (κ1) is 18.6. The summed E-state index contributed by atoms with van der Waals surface area (Å²) in [5.74, 6) is 1.45. The predicted molar refractivity (Wildman–Crippen MR) is 99.3 cm³/mol. The number of benzene rings is 1. The second-order valence-corrected chi connectivity index (χ2v) is 7.04. The zero-order chi connectivity index (χ0) is 19.8. The number of hydrogen-bond donors (Lipinski definition) is 1. The number of hydrogen-bond acceptors (Lipinski definition) is 6. The van der Waals surface area contributed by atoms with Crippen LogP contribution in [-0.2, 0) is 4.79 Å². The molecule has 2 aromatic rings. The van der Waals surface area contributed by atoms with E-state index in [4.69, 9.17) is 9.47 Å². The van der Waals surface area contributed by atoms with Crippen molar-refractivity contribution in [2.75, 3.05) is 12.0 Å². The third-order valence-corrected chi connectivity index (χ3v) is 4.25. The number of carbonyl (C=O) groups is 2. The number of ether oxygens (including phenoxy) is 2. The number of urea groups is 1. The van der Waals surface area contributed by atoms with Gasteiger partial charge in [0.2, 0.25) is 5.88 Å². The van der Waals surface area contributed by atoms with E-state index in [0.717, 1.165) is 10.5 Å². The monoisotopic (exact) mass is 370 g/mol. The van der Waals surface area contributed by atoms with E-state index in [1.165, 1.54) is 12.4 Å². The lowest BCUT2D eigenvalue weighted by Gasteiger charge is -2.18. The fraction of sp³-hybridized carbons (Fsp3) is 0.368. The highest BCUT2D eigenvalue weighted by Gasteiger charge is 2.45. The third kappa shape index (κ3) is 3.42. The first-order valence-electron chi connectivity index (χ1n) is 8.58. The Morgan fingerprint density at radius 1 is 1.15 bits per heavy atom. The molecule has 1 N–H and O–H groups in total. The molecule has 3 rings (SSSR count). The number of imide groups is 1. The number of aromatic nitrogens is 2. The predicted octanol–water partition coefficient (Wildman–Crippen LogP) is 3.24. The van der Waals surface area contributed by atoms with Gasteiger partial charge in [0, 0.05) is 11.6 Å². The van der Waals surface area contributed by atoms with E-state index < -0.39 is 11.6 Å². The summed E-state index contributed by atoms with van der Waals surface area (Å²) in [7, 11) is 1.60. The molecule has 1 saturated heterocycles. The SMILES string of the molecule is COc1cccc(Oc2cc(N3C(=O)NC(C)(C)C3=O)ncn2)c1C(C)C. The van der Waals surface area contributed by atoms with Gasteiger partial charge in [0.25, 0.3) is 5.91 Å². The number of amides is 3. The fourth-order valence-corrected chi connectivity index (χ4v) is 2.94. The molecule has 0 spiro atoms. The van der Waals surface area contributed by atoms with Gasteiger partial charge in [0.1, 0.15) is 23.4 Å². The van der Waals surface area contributed by atoms with Crippen LogP contribution in [-0.4, -0.2) is 34.6 Å². The van der Waals surface area contributed by atoms with E-state index in [0.29, 0.717) is 11.5 Å². The van der Waals surface area contributed by atoms with Gasteiger partial charge in [0.15, 0.2) is 5.82 Å². The Morgan fingerprint density at radius 2 is 1.85 bits per heavy atom. The van der Waals surface area contributed by atoms with E-state index in [1.807, 2.05) is 32.0 Å². The maximum Gasteiger partial charge on any atom is 0.330 e. The first-order valence-corrected chi connectivity index (χ1v) is 8.58. The molecule has 0 unspecified atom stereocenters. The molecule has 2 heterocycles. The number of anilines is 1. The van der Waals surface area contributed by atoms with E-state index in [2.05, 4.69) is 15.3 Å². The highest BCUT2D eigenvalue weighted by atomic mass is 16.5. The maximum atomic E-state index is 12.5. The van der Waals surface area contributed by atoms with Crippen molar-refractivity contribution in [3.63, 3.8) is 0 Å². The second kappa shape index (κ2) is 6.86. The van der Waals surface area contributed by atoms with Gasteiger partial charge in [-0.25, -0.2) is 19.7 Å². The van der Waals surface area contributed by atoms with Crippen LogP contribution in [0.4, 0.5) is 10.6 Å². The van der Waals surface area contributed by atoms with Crippen LogP contribution in [0.15, 0.2) is 30.6 Å². The summed E-state index contributed by atoms with van der Waals surface area (Å²) in [6.45, 7) is 7.34. The van der Waals surface area contributed by atoms with Crippen molar-refractivity contribution < 1.29 is 19.1 Å². The minimum Gasteiger partial charge on any atom is -0.496 e. The lowest BCUT2D eigenvalue weighted by Crippen LogP contribution is -2.40. The second-order valence-electron chi connectivity index (χ2n) is 7.04. The van der Waals surface area contributed by atoms with Crippen LogP contribution in [0.3, 0.4) is 0 Å². The van der Waals surface area contributed by atoms with E-state index in [1.54, 1.807) is 21.0 Å². The van der Waals surface area contributed by atoms with Gasteiger partial charge in [0.05, 0.1) is 7.11 Å². The van der Waals surface area contributed by atoms with Crippen LogP contribution in [0.2, 0.25) is 0 Å². The van der Waals surface area contributed by atoms with Gasteiger partial charge in [-0.2, -0.15) is 0 Å². The zero-order valence-corrected chi connectivity index (χ0v) is 15.9. The quantitative estimate of drug-likeness (QED) is 0.812. The molecule has 0 radical (unpaired) electrons. The van der Waals surface area contributed by atoms with Gasteiger partial charge < -0.3 is 14.8 Å². The van der Waals surface area contributed by atoms with Crippen molar-refractivity contribution in [2.45, 2.75) is 39.2 Å². The summed E-state index contributed by atoms with van der Waals surface area (Å²) >= 11 is 0. The standard InChI is InChI=1S/C19H22N4O4/c1-11(2)16-12(26-5)7-6-8-13(16)27-15-9-14(20-10-21-15)23-17(24)19(3,4)22-18(23)25/h6-11H,1-5H3,(H,22,25). The van der Waals surface area contributed by atoms with Crippen LogP contribution in [0.1, 0.15) is 39.2 Å². The molecule has 1 aromatic carbocycles. The number of nitrogens with one attached hydrogen (secondary N) is 1. The smallest absolute Gasteiger partial charge is 0.330 e. The molecule has 0 saturated carbocycles. The zero-order valence-electron chi connectivity index (χ0n) is 15.9. The van der Waals surface area contributed by atoms with Crippen LogP contribution in [0.5, 0.6) is 17.4 Å². The molecular formula is C19H22N4O4.